The van der Waals surface area contributed by atoms with Crippen LogP contribution in [0.2, 0.25) is 0 Å². The second-order valence-electron chi connectivity index (χ2n) is 7.07. The number of nitrogens with one attached hydrogen (secondary N) is 1. The van der Waals surface area contributed by atoms with E-state index >= 15 is 0 Å². The number of rotatable bonds is 5. The summed E-state index contributed by atoms with van der Waals surface area (Å²) < 4.78 is 5.82. The predicted molar refractivity (Wildman–Crippen MR) is 124 cm³/mol. The minimum atomic E-state index is -0.130. The van der Waals surface area contributed by atoms with E-state index < -0.39 is 0 Å². The Morgan fingerprint density at radius 1 is 0.933 bits per heavy atom. The van der Waals surface area contributed by atoms with Crippen LogP contribution >= 0.6 is 11.8 Å². The van der Waals surface area contributed by atoms with Gasteiger partial charge < -0.3 is 10.1 Å². The Labute approximate surface area is 180 Å². The van der Waals surface area contributed by atoms with Gasteiger partial charge in [-0.1, -0.05) is 60.7 Å². The smallest absolute Gasteiger partial charge is 0.264 e. The average Bonchev–Trinajstić information content (AvgIpc) is 3.10. The van der Waals surface area contributed by atoms with Crippen LogP contribution in [-0.4, -0.2) is 11.1 Å². The second-order valence-corrected chi connectivity index (χ2v) is 8.10. The van der Waals surface area contributed by atoms with Gasteiger partial charge in [-0.2, -0.15) is 0 Å². The van der Waals surface area contributed by atoms with Crippen molar-refractivity contribution in [2.45, 2.75) is 20.5 Å². The number of amides is 1. The number of aliphatic imine (C=N–C) groups is 1. The summed E-state index contributed by atoms with van der Waals surface area (Å²) in [6, 6.07) is 23.8. The number of hydrogen-bond donors (Lipinski definition) is 1. The van der Waals surface area contributed by atoms with Gasteiger partial charge in [-0.25, -0.2) is 4.99 Å². The van der Waals surface area contributed by atoms with Crippen molar-refractivity contribution in [2.24, 2.45) is 4.99 Å². The number of carbonyl (C=O) groups is 1. The minimum Gasteiger partial charge on any atom is -0.489 e. The lowest BCUT2D eigenvalue weighted by Gasteiger charge is -2.06. The van der Waals surface area contributed by atoms with Gasteiger partial charge in [0.2, 0.25) is 0 Å². The van der Waals surface area contributed by atoms with Crippen LogP contribution < -0.4 is 10.1 Å². The van der Waals surface area contributed by atoms with Crippen LogP contribution in [0.5, 0.6) is 5.75 Å². The van der Waals surface area contributed by atoms with E-state index in [2.05, 4.69) is 10.3 Å². The molecule has 0 spiro atoms. The van der Waals surface area contributed by atoms with Gasteiger partial charge >= 0.3 is 0 Å². The number of para-hydroxylation sites is 1. The largest absolute Gasteiger partial charge is 0.489 e. The Hall–Kier alpha value is -3.31. The Morgan fingerprint density at radius 3 is 2.33 bits per heavy atom. The zero-order chi connectivity index (χ0) is 20.9. The molecule has 0 radical (unpaired) electrons. The third kappa shape index (κ3) is 4.81. The molecule has 1 N–H and O–H groups in total. The summed E-state index contributed by atoms with van der Waals surface area (Å²) in [5, 5.41) is 3.46. The van der Waals surface area contributed by atoms with Crippen LogP contribution in [0.25, 0.3) is 6.08 Å². The maximum absolute atomic E-state index is 12.4. The quantitative estimate of drug-likeness (QED) is 0.539. The standard InChI is InChI=1S/C25H22N2O2S/c1-17-7-6-8-18(2)23(17)26-25-27-24(28)22(30-25)15-19-11-13-21(14-12-19)29-16-20-9-4-3-5-10-20/h3-15H,16H2,1-2H3,(H,26,27,28)/b22-15+. The molecule has 1 heterocycles. The number of benzene rings is 3. The van der Waals surface area contributed by atoms with E-state index in [1.165, 1.54) is 11.8 Å². The molecule has 30 heavy (non-hydrogen) atoms. The second kappa shape index (κ2) is 9.01. The summed E-state index contributed by atoms with van der Waals surface area (Å²) in [7, 11) is 0. The van der Waals surface area contributed by atoms with Crippen molar-refractivity contribution in [3.05, 3.63) is 100.0 Å². The van der Waals surface area contributed by atoms with Crippen molar-refractivity contribution in [1.82, 2.24) is 5.32 Å². The highest BCUT2D eigenvalue weighted by Gasteiger charge is 2.24. The Balaban J connectivity index is 1.44. The molecule has 1 aliphatic rings. The lowest BCUT2D eigenvalue weighted by molar-refractivity contribution is -0.115. The van der Waals surface area contributed by atoms with E-state index in [1.807, 2.05) is 92.7 Å². The van der Waals surface area contributed by atoms with Gasteiger partial charge in [-0.15, -0.1) is 0 Å². The van der Waals surface area contributed by atoms with Crippen molar-refractivity contribution < 1.29 is 9.53 Å². The first-order valence-corrected chi connectivity index (χ1v) is 10.5. The monoisotopic (exact) mass is 414 g/mol. The van der Waals surface area contributed by atoms with E-state index in [-0.39, 0.29) is 5.91 Å². The fourth-order valence-corrected chi connectivity index (χ4v) is 3.94. The summed E-state index contributed by atoms with van der Waals surface area (Å²) in [6.45, 7) is 4.57. The van der Waals surface area contributed by atoms with Crippen LogP contribution in [0.15, 0.2) is 82.7 Å². The lowest BCUT2D eigenvalue weighted by atomic mass is 10.1. The fraction of sp³-hybridized carbons (Fsp3) is 0.120. The summed E-state index contributed by atoms with van der Waals surface area (Å²) in [6.07, 6.45) is 1.87. The van der Waals surface area contributed by atoms with Gasteiger partial charge in [0.05, 0.1) is 10.6 Å². The number of ether oxygens (including phenoxy) is 1. The van der Waals surface area contributed by atoms with Crippen LogP contribution in [0.1, 0.15) is 22.3 Å². The number of thioether (sulfide) groups is 1. The van der Waals surface area contributed by atoms with Crippen LogP contribution in [0.4, 0.5) is 5.69 Å². The normalized spacial score (nSPS) is 16.1. The highest BCUT2D eigenvalue weighted by molar-refractivity contribution is 8.18. The van der Waals surface area contributed by atoms with Crippen molar-refractivity contribution in [2.75, 3.05) is 0 Å². The summed E-state index contributed by atoms with van der Waals surface area (Å²) in [5.41, 5.74) is 5.13. The number of hydrogen-bond acceptors (Lipinski definition) is 4. The van der Waals surface area contributed by atoms with Gasteiger partial charge in [0.25, 0.3) is 5.91 Å². The number of carbonyl (C=O) groups excluding carboxylic acids is 1. The lowest BCUT2D eigenvalue weighted by Crippen LogP contribution is -2.19. The van der Waals surface area contributed by atoms with Crippen molar-refractivity contribution in [3.63, 3.8) is 0 Å². The number of nitrogens with zero attached hydrogens (tertiary/aromatic N) is 1. The third-order valence-electron chi connectivity index (χ3n) is 4.73. The molecule has 150 valence electrons. The zero-order valence-electron chi connectivity index (χ0n) is 16.9. The number of aryl methyl sites for hydroxylation is 2. The van der Waals surface area contributed by atoms with E-state index in [4.69, 9.17) is 4.74 Å². The molecule has 1 amide bonds. The maximum Gasteiger partial charge on any atom is 0.264 e. The molecule has 0 bridgehead atoms. The topological polar surface area (TPSA) is 50.7 Å². The average molecular weight is 415 g/mol. The van der Waals surface area contributed by atoms with Crippen molar-refractivity contribution in [3.8, 4) is 5.75 Å². The van der Waals surface area contributed by atoms with E-state index in [1.54, 1.807) is 0 Å². The van der Waals surface area contributed by atoms with Crippen molar-refractivity contribution >= 4 is 34.6 Å². The number of amidine groups is 1. The Bertz CT molecular complexity index is 1100. The van der Waals surface area contributed by atoms with Crippen LogP contribution in [-0.2, 0) is 11.4 Å². The fourth-order valence-electron chi connectivity index (χ4n) is 3.12. The molecule has 5 heteroatoms. The highest BCUT2D eigenvalue weighted by atomic mass is 32.2. The first-order chi connectivity index (χ1) is 14.6. The van der Waals surface area contributed by atoms with E-state index in [0.29, 0.717) is 16.7 Å². The van der Waals surface area contributed by atoms with Crippen LogP contribution in [0.3, 0.4) is 0 Å². The molecule has 0 unspecified atom stereocenters. The Kier molecular flexibility index (Phi) is 6.00. The molecular formula is C25H22N2O2S. The molecular weight excluding hydrogens is 392 g/mol. The summed E-state index contributed by atoms with van der Waals surface area (Å²) >= 11 is 1.36. The molecule has 4 nitrogen and oxygen atoms in total. The van der Waals surface area contributed by atoms with Crippen molar-refractivity contribution in [1.29, 1.82) is 0 Å². The summed E-state index contributed by atoms with van der Waals surface area (Å²) in [4.78, 5) is 17.6. The third-order valence-corrected chi connectivity index (χ3v) is 5.64. The zero-order valence-corrected chi connectivity index (χ0v) is 17.7. The SMILES string of the molecule is Cc1cccc(C)c1N=C1NC(=O)/C(=C\c2ccc(OCc3ccccc3)cc2)S1. The predicted octanol–water partition coefficient (Wildman–Crippen LogP) is 5.77. The van der Waals surface area contributed by atoms with Gasteiger partial charge in [0.15, 0.2) is 5.17 Å². The van der Waals surface area contributed by atoms with E-state index in [9.17, 15) is 4.79 Å². The molecule has 0 atom stereocenters. The van der Waals surface area contributed by atoms with Gasteiger partial charge in [0.1, 0.15) is 12.4 Å². The molecule has 4 rings (SSSR count). The molecule has 1 fully saturated rings. The molecule has 1 aliphatic heterocycles. The van der Waals surface area contributed by atoms with Gasteiger partial charge in [-0.3, -0.25) is 4.79 Å². The first kappa shape index (κ1) is 20.0. The van der Waals surface area contributed by atoms with E-state index in [0.717, 1.165) is 33.7 Å². The molecule has 0 aromatic heterocycles. The first-order valence-electron chi connectivity index (χ1n) is 9.71. The van der Waals surface area contributed by atoms with Crippen LogP contribution in [0, 0.1) is 13.8 Å². The molecule has 3 aromatic carbocycles. The van der Waals surface area contributed by atoms with Gasteiger partial charge in [-0.05, 0) is 66.1 Å². The summed E-state index contributed by atoms with van der Waals surface area (Å²) in [5.74, 6) is 0.663. The van der Waals surface area contributed by atoms with Gasteiger partial charge in [0, 0.05) is 0 Å². The molecule has 3 aromatic rings. The Morgan fingerprint density at radius 2 is 1.63 bits per heavy atom. The highest BCUT2D eigenvalue weighted by Crippen LogP contribution is 2.30. The molecule has 0 saturated carbocycles. The maximum atomic E-state index is 12.4. The molecule has 0 aliphatic carbocycles. The molecule has 1 saturated heterocycles. The minimum absolute atomic E-state index is 0.130.